The number of nitrogens with zero attached hydrogens (tertiary/aromatic N) is 1. The molecule has 1 fully saturated rings. The van der Waals surface area contributed by atoms with Crippen molar-refractivity contribution in [3.63, 3.8) is 0 Å². The monoisotopic (exact) mass is 475 g/mol. The highest BCUT2D eigenvalue weighted by molar-refractivity contribution is 14.0. The van der Waals surface area contributed by atoms with Crippen LogP contribution in [0.1, 0.15) is 51.0 Å². The van der Waals surface area contributed by atoms with Crippen molar-refractivity contribution < 1.29 is 9.47 Å². The van der Waals surface area contributed by atoms with Crippen LogP contribution in [0.3, 0.4) is 0 Å². The highest BCUT2D eigenvalue weighted by Gasteiger charge is 2.12. The number of methoxy groups -OCH3 is 1. The predicted molar refractivity (Wildman–Crippen MR) is 119 cm³/mol. The molecule has 0 unspecified atom stereocenters. The first-order valence-electron chi connectivity index (χ1n) is 9.58. The first kappa shape index (κ1) is 23.0. The smallest absolute Gasteiger partial charge is 0.191 e. The maximum absolute atomic E-state index is 5.97. The number of ether oxygens (including phenoxy) is 2. The molecule has 0 spiro atoms. The van der Waals surface area contributed by atoms with Gasteiger partial charge in [-0.2, -0.15) is 0 Å². The third kappa shape index (κ3) is 9.07. The van der Waals surface area contributed by atoms with Gasteiger partial charge in [0.25, 0.3) is 0 Å². The molecule has 0 aliphatic heterocycles. The fourth-order valence-electron chi connectivity index (χ4n) is 3.04. The Morgan fingerprint density at radius 1 is 1.19 bits per heavy atom. The van der Waals surface area contributed by atoms with Gasteiger partial charge in [0.15, 0.2) is 5.96 Å². The van der Waals surface area contributed by atoms with Gasteiger partial charge in [0.1, 0.15) is 5.75 Å². The van der Waals surface area contributed by atoms with E-state index in [1.807, 2.05) is 18.2 Å². The summed E-state index contributed by atoms with van der Waals surface area (Å²) < 4.78 is 11.2. The minimum Gasteiger partial charge on any atom is -0.497 e. The van der Waals surface area contributed by atoms with E-state index in [2.05, 4.69) is 28.6 Å². The molecule has 6 heteroatoms. The van der Waals surface area contributed by atoms with E-state index >= 15 is 0 Å². The van der Waals surface area contributed by atoms with Crippen LogP contribution >= 0.6 is 24.0 Å². The van der Waals surface area contributed by atoms with E-state index in [-0.39, 0.29) is 24.0 Å². The molecule has 0 atom stereocenters. The first-order valence-corrected chi connectivity index (χ1v) is 9.58. The van der Waals surface area contributed by atoms with Crippen LogP contribution in [0.4, 0.5) is 0 Å². The van der Waals surface area contributed by atoms with Gasteiger partial charge >= 0.3 is 0 Å². The van der Waals surface area contributed by atoms with Crippen molar-refractivity contribution in [2.75, 3.05) is 26.8 Å². The van der Waals surface area contributed by atoms with Gasteiger partial charge in [-0.25, -0.2) is 4.99 Å². The number of benzene rings is 1. The molecular formula is C20H34IN3O2. The molecule has 26 heavy (non-hydrogen) atoms. The van der Waals surface area contributed by atoms with Crippen molar-refractivity contribution in [3.8, 4) is 5.75 Å². The second-order valence-corrected chi connectivity index (χ2v) is 6.46. The molecule has 0 bridgehead atoms. The highest BCUT2D eigenvalue weighted by atomic mass is 127. The normalized spacial score (nSPS) is 15.2. The minimum atomic E-state index is 0. The number of nitrogens with one attached hydrogen (secondary N) is 2. The summed E-state index contributed by atoms with van der Waals surface area (Å²) in [6.07, 6.45) is 7.98. The molecule has 0 heterocycles. The summed E-state index contributed by atoms with van der Waals surface area (Å²) in [6.45, 7) is 5.26. The molecule has 2 N–H and O–H groups in total. The first-order chi connectivity index (χ1) is 12.3. The highest BCUT2D eigenvalue weighted by Crippen LogP contribution is 2.20. The average molecular weight is 475 g/mol. The van der Waals surface area contributed by atoms with Crippen molar-refractivity contribution in [2.24, 2.45) is 4.99 Å². The topological polar surface area (TPSA) is 54.9 Å². The molecule has 0 aromatic heterocycles. The number of halogens is 1. The van der Waals surface area contributed by atoms with E-state index in [1.165, 1.54) is 32.1 Å². The Morgan fingerprint density at radius 3 is 2.73 bits per heavy atom. The summed E-state index contributed by atoms with van der Waals surface area (Å²) in [7, 11) is 1.68. The standard InChI is InChI=1S/C20H33N3O2.HI/c1-3-21-20(23-16-17-9-7-12-19(15-17)24-2)22-13-8-14-25-18-10-5-4-6-11-18;/h7,9,12,15,18H,3-6,8,10-11,13-14,16H2,1-2H3,(H2,21,22,23);1H. The molecule has 1 aliphatic carbocycles. The molecule has 1 aliphatic rings. The fourth-order valence-corrected chi connectivity index (χ4v) is 3.04. The summed E-state index contributed by atoms with van der Waals surface area (Å²) >= 11 is 0. The van der Waals surface area contributed by atoms with Crippen molar-refractivity contribution in [1.29, 1.82) is 0 Å². The van der Waals surface area contributed by atoms with Crippen LogP contribution in [0.5, 0.6) is 5.75 Å². The van der Waals surface area contributed by atoms with Crippen LogP contribution in [-0.2, 0) is 11.3 Å². The molecule has 0 radical (unpaired) electrons. The van der Waals surface area contributed by atoms with E-state index in [0.29, 0.717) is 12.6 Å². The summed E-state index contributed by atoms with van der Waals surface area (Å²) in [5.74, 6) is 1.72. The Hall–Kier alpha value is -1.02. The summed E-state index contributed by atoms with van der Waals surface area (Å²) in [5, 5.41) is 6.67. The van der Waals surface area contributed by atoms with Crippen molar-refractivity contribution in [1.82, 2.24) is 10.6 Å². The van der Waals surface area contributed by atoms with E-state index in [9.17, 15) is 0 Å². The fraction of sp³-hybridized carbons (Fsp3) is 0.650. The Balaban J connectivity index is 0.00000338. The van der Waals surface area contributed by atoms with Gasteiger partial charge < -0.3 is 20.1 Å². The van der Waals surface area contributed by atoms with Crippen LogP contribution in [0.25, 0.3) is 0 Å². The maximum atomic E-state index is 5.97. The molecule has 1 aromatic rings. The Labute approximate surface area is 175 Å². The molecule has 2 rings (SSSR count). The molecule has 5 nitrogen and oxygen atoms in total. The molecule has 148 valence electrons. The third-order valence-corrected chi connectivity index (χ3v) is 4.42. The van der Waals surface area contributed by atoms with E-state index in [1.54, 1.807) is 7.11 Å². The molecular weight excluding hydrogens is 441 g/mol. The minimum absolute atomic E-state index is 0. The van der Waals surface area contributed by atoms with E-state index in [0.717, 1.165) is 43.4 Å². The van der Waals surface area contributed by atoms with Gasteiger partial charge in [-0.1, -0.05) is 31.4 Å². The number of aliphatic imine (C=N–C) groups is 1. The zero-order valence-corrected chi connectivity index (χ0v) is 18.5. The molecule has 1 saturated carbocycles. The molecule has 0 amide bonds. The SMILES string of the molecule is CCNC(=NCc1cccc(OC)c1)NCCCOC1CCCCC1.I. The summed E-state index contributed by atoms with van der Waals surface area (Å²) in [6, 6.07) is 8.02. The van der Waals surface area contributed by atoms with Gasteiger partial charge in [-0.15, -0.1) is 24.0 Å². The van der Waals surface area contributed by atoms with Gasteiger partial charge in [-0.05, 0) is 43.9 Å². The van der Waals surface area contributed by atoms with Crippen molar-refractivity contribution in [3.05, 3.63) is 29.8 Å². The van der Waals surface area contributed by atoms with Gasteiger partial charge in [0.2, 0.25) is 0 Å². The lowest BCUT2D eigenvalue weighted by Crippen LogP contribution is -2.38. The Morgan fingerprint density at radius 2 is 2.00 bits per heavy atom. The van der Waals surface area contributed by atoms with Gasteiger partial charge in [-0.3, -0.25) is 0 Å². The van der Waals surface area contributed by atoms with Crippen molar-refractivity contribution >= 4 is 29.9 Å². The molecule has 0 saturated heterocycles. The largest absolute Gasteiger partial charge is 0.497 e. The third-order valence-electron chi connectivity index (χ3n) is 4.42. The predicted octanol–water partition coefficient (Wildman–Crippen LogP) is 4.11. The average Bonchev–Trinajstić information content (AvgIpc) is 2.66. The van der Waals surface area contributed by atoms with E-state index < -0.39 is 0 Å². The van der Waals surface area contributed by atoms with Crippen LogP contribution in [0.15, 0.2) is 29.3 Å². The maximum Gasteiger partial charge on any atom is 0.191 e. The number of guanidine groups is 1. The Bertz CT molecular complexity index is 520. The van der Waals surface area contributed by atoms with Crippen LogP contribution in [-0.4, -0.2) is 38.9 Å². The number of hydrogen-bond donors (Lipinski definition) is 2. The lowest BCUT2D eigenvalue weighted by atomic mass is 9.98. The zero-order valence-electron chi connectivity index (χ0n) is 16.1. The lowest BCUT2D eigenvalue weighted by molar-refractivity contribution is 0.0277. The van der Waals surface area contributed by atoms with Gasteiger partial charge in [0, 0.05) is 19.7 Å². The lowest BCUT2D eigenvalue weighted by Gasteiger charge is -2.22. The number of rotatable bonds is 9. The quantitative estimate of drug-likeness (QED) is 0.244. The summed E-state index contributed by atoms with van der Waals surface area (Å²) in [5.41, 5.74) is 1.14. The van der Waals surface area contributed by atoms with Crippen LogP contribution < -0.4 is 15.4 Å². The van der Waals surface area contributed by atoms with Crippen molar-refractivity contribution in [2.45, 2.75) is 58.1 Å². The second-order valence-electron chi connectivity index (χ2n) is 6.46. The van der Waals surface area contributed by atoms with E-state index in [4.69, 9.17) is 9.47 Å². The Kier molecular flexibility index (Phi) is 12.5. The summed E-state index contributed by atoms with van der Waals surface area (Å²) in [4.78, 5) is 4.64. The molecule has 1 aromatic carbocycles. The second kappa shape index (κ2) is 14.1. The van der Waals surface area contributed by atoms with Crippen LogP contribution in [0, 0.1) is 0 Å². The zero-order chi connectivity index (χ0) is 17.7. The van der Waals surface area contributed by atoms with Gasteiger partial charge in [0.05, 0.1) is 19.8 Å². The number of hydrogen-bond acceptors (Lipinski definition) is 3. The van der Waals surface area contributed by atoms with Crippen LogP contribution in [0.2, 0.25) is 0 Å².